The van der Waals surface area contributed by atoms with Gasteiger partial charge in [-0.1, -0.05) is 0 Å². The van der Waals surface area contributed by atoms with Crippen LogP contribution in [0.2, 0.25) is 0 Å². The van der Waals surface area contributed by atoms with Crippen molar-refractivity contribution < 1.29 is 28.8 Å². The van der Waals surface area contributed by atoms with E-state index >= 15 is 0 Å². The first-order chi connectivity index (χ1) is 10.9. The molecule has 24 heavy (non-hydrogen) atoms. The molecule has 0 unspecified atom stereocenters. The molecule has 0 atom stereocenters. The van der Waals surface area contributed by atoms with Gasteiger partial charge in [0.25, 0.3) is 0 Å². The van der Waals surface area contributed by atoms with Crippen molar-refractivity contribution in [1.82, 2.24) is 0 Å². The van der Waals surface area contributed by atoms with Gasteiger partial charge in [0, 0.05) is 0 Å². The molecule has 0 heterocycles. The fourth-order valence-electron chi connectivity index (χ4n) is 2.23. The van der Waals surface area contributed by atoms with Crippen molar-refractivity contribution in [2.24, 2.45) is 34.4 Å². The Morgan fingerprint density at radius 3 is 0.458 bits per heavy atom. The topological polar surface area (TPSA) is 259 Å². The van der Waals surface area contributed by atoms with Crippen LogP contribution >= 0.6 is 0 Å². The molecule has 0 saturated carbocycles. The lowest BCUT2D eigenvalue weighted by molar-refractivity contribution is 0.0925. The average Bonchev–Trinajstić information content (AvgIpc) is 2.42. The van der Waals surface area contributed by atoms with Gasteiger partial charge in [-0.2, -0.15) is 0 Å². The summed E-state index contributed by atoms with van der Waals surface area (Å²) in [7, 11) is 0. The zero-order valence-electron chi connectivity index (χ0n) is 11.9. The molecule has 0 saturated heterocycles. The molecule has 1 aromatic carbocycles. The normalized spacial score (nSPS) is 10.0. The summed E-state index contributed by atoms with van der Waals surface area (Å²) in [5.74, 6) is -8.67. The van der Waals surface area contributed by atoms with Crippen LogP contribution in [0.4, 0.5) is 0 Å². The Morgan fingerprint density at radius 1 is 0.333 bits per heavy atom. The van der Waals surface area contributed by atoms with Crippen molar-refractivity contribution in [1.29, 1.82) is 0 Å². The van der Waals surface area contributed by atoms with E-state index in [4.69, 9.17) is 34.4 Å². The highest BCUT2D eigenvalue weighted by atomic mass is 16.2. The van der Waals surface area contributed by atoms with Crippen molar-refractivity contribution in [3.8, 4) is 0 Å². The zero-order valence-corrected chi connectivity index (χ0v) is 11.9. The summed E-state index contributed by atoms with van der Waals surface area (Å²) in [6.07, 6.45) is 0. The van der Waals surface area contributed by atoms with Crippen LogP contribution in [-0.2, 0) is 0 Å². The molecule has 0 aliphatic carbocycles. The number of rotatable bonds is 6. The maximum absolute atomic E-state index is 11.7. The number of nitrogens with two attached hydrogens (primary N) is 6. The molecule has 0 bridgehead atoms. The molecule has 0 aliphatic rings. The fourth-order valence-corrected chi connectivity index (χ4v) is 2.23. The fraction of sp³-hybridized carbons (Fsp3) is 0. The molecule has 0 spiro atoms. The SMILES string of the molecule is NC(=O)c1c(C(N)=O)c(C(N)=O)c(C(N)=O)c(C(N)=O)c1C(N)=O. The standard InChI is InChI=1S/C12H12N6O6/c13-7(19)1-2(8(14)20)4(10(16)22)6(12(18)24)5(11(17)23)3(1)9(15)21/h(H2,13,19)(H2,14,20)(H2,15,21)(H2,16,22)(H2,17,23)(H2,18,24). The van der Waals surface area contributed by atoms with Crippen LogP contribution in [0.5, 0.6) is 0 Å². The molecule has 0 aliphatic heterocycles. The van der Waals surface area contributed by atoms with Crippen LogP contribution in [0.15, 0.2) is 0 Å². The zero-order chi connectivity index (χ0) is 18.9. The van der Waals surface area contributed by atoms with E-state index in [-0.39, 0.29) is 0 Å². The summed E-state index contributed by atoms with van der Waals surface area (Å²) in [4.78, 5) is 70.0. The number of benzene rings is 1. The van der Waals surface area contributed by atoms with Gasteiger partial charge in [-0.3, -0.25) is 28.8 Å². The van der Waals surface area contributed by atoms with Gasteiger partial charge in [0.2, 0.25) is 35.4 Å². The highest BCUT2D eigenvalue weighted by Gasteiger charge is 2.36. The first-order valence-electron chi connectivity index (χ1n) is 5.96. The van der Waals surface area contributed by atoms with E-state index in [1.54, 1.807) is 0 Å². The molecule has 0 aromatic heterocycles. The lowest BCUT2D eigenvalue weighted by Crippen LogP contribution is -2.37. The van der Waals surface area contributed by atoms with Gasteiger partial charge in [-0.15, -0.1) is 0 Å². The summed E-state index contributed by atoms with van der Waals surface area (Å²) in [6.45, 7) is 0. The lowest BCUT2D eigenvalue weighted by atomic mass is 9.84. The Kier molecular flexibility index (Phi) is 4.55. The minimum atomic E-state index is -1.45. The van der Waals surface area contributed by atoms with Crippen LogP contribution in [0.1, 0.15) is 62.1 Å². The van der Waals surface area contributed by atoms with Gasteiger partial charge in [0.05, 0.1) is 33.4 Å². The smallest absolute Gasteiger partial charge is 0.250 e. The maximum atomic E-state index is 11.7. The van der Waals surface area contributed by atoms with Crippen LogP contribution in [0, 0.1) is 0 Å². The Bertz CT molecular complexity index is 645. The molecule has 0 radical (unpaired) electrons. The van der Waals surface area contributed by atoms with E-state index in [0.717, 1.165) is 0 Å². The van der Waals surface area contributed by atoms with Gasteiger partial charge in [-0.25, -0.2) is 0 Å². The molecule has 12 nitrogen and oxygen atoms in total. The predicted octanol–water partition coefficient (Wildman–Crippen LogP) is -3.72. The second-order valence-corrected chi connectivity index (χ2v) is 4.44. The minimum absolute atomic E-state index is 0.970. The second-order valence-electron chi connectivity index (χ2n) is 4.44. The Hall–Kier alpha value is -3.96. The quantitative estimate of drug-likeness (QED) is 0.304. The first kappa shape index (κ1) is 18.1. The van der Waals surface area contributed by atoms with Crippen molar-refractivity contribution in [2.75, 3.05) is 0 Å². The number of hydrogen-bond donors (Lipinski definition) is 6. The van der Waals surface area contributed by atoms with Gasteiger partial charge < -0.3 is 34.4 Å². The number of carbonyl (C=O) groups is 6. The summed E-state index contributed by atoms with van der Waals surface area (Å²) >= 11 is 0. The molecular formula is C12H12N6O6. The lowest BCUT2D eigenvalue weighted by Gasteiger charge is -2.18. The molecule has 1 aromatic rings. The van der Waals surface area contributed by atoms with Crippen LogP contribution in [-0.4, -0.2) is 35.4 Å². The van der Waals surface area contributed by atoms with E-state index in [9.17, 15) is 28.8 Å². The van der Waals surface area contributed by atoms with Gasteiger partial charge in [0.1, 0.15) is 0 Å². The number of amides is 6. The van der Waals surface area contributed by atoms with E-state index in [2.05, 4.69) is 0 Å². The molecule has 1 rings (SSSR count). The summed E-state index contributed by atoms with van der Waals surface area (Å²) < 4.78 is 0. The van der Waals surface area contributed by atoms with E-state index in [1.165, 1.54) is 0 Å². The monoisotopic (exact) mass is 336 g/mol. The van der Waals surface area contributed by atoms with Gasteiger partial charge in [-0.05, 0) is 0 Å². The van der Waals surface area contributed by atoms with Crippen molar-refractivity contribution in [2.45, 2.75) is 0 Å². The number of primary amides is 6. The third kappa shape index (κ3) is 2.70. The van der Waals surface area contributed by atoms with E-state index < -0.39 is 68.8 Å². The third-order valence-electron chi connectivity index (χ3n) is 2.98. The minimum Gasteiger partial charge on any atom is -0.366 e. The van der Waals surface area contributed by atoms with Gasteiger partial charge in [0.15, 0.2) is 0 Å². The Balaban J connectivity index is 4.50. The molecule has 126 valence electrons. The predicted molar refractivity (Wildman–Crippen MR) is 77.5 cm³/mol. The number of hydrogen-bond acceptors (Lipinski definition) is 6. The van der Waals surface area contributed by atoms with E-state index in [0.29, 0.717) is 0 Å². The van der Waals surface area contributed by atoms with Crippen molar-refractivity contribution >= 4 is 35.4 Å². The third-order valence-corrected chi connectivity index (χ3v) is 2.98. The van der Waals surface area contributed by atoms with E-state index in [1.807, 2.05) is 0 Å². The van der Waals surface area contributed by atoms with Crippen LogP contribution in [0.3, 0.4) is 0 Å². The molecule has 12 N–H and O–H groups in total. The van der Waals surface area contributed by atoms with Crippen LogP contribution in [0.25, 0.3) is 0 Å². The summed E-state index contributed by atoms with van der Waals surface area (Å²) in [6, 6.07) is 0. The summed E-state index contributed by atoms with van der Waals surface area (Å²) in [5, 5.41) is 0. The molecule has 6 amide bonds. The average molecular weight is 336 g/mol. The summed E-state index contributed by atoms with van der Waals surface area (Å²) in [5.41, 5.74) is 24.7. The van der Waals surface area contributed by atoms with Crippen molar-refractivity contribution in [3.63, 3.8) is 0 Å². The maximum Gasteiger partial charge on any atom is 0.250 e. The molecular weight excluding hydrogens is 324 g/mol. The Morgan fingerprint density at radius 2 is 0.417 bits per heavy atom. The molecule has 12 heteroatoms. The van der Waals surface area contributed by atoms with Crippen molar-refractivity contribution in [3.05, 3.63) is 33.4 Å². The van der Waals surface area contributed by atoms with Crippen LogP contribution < -0.4 is 34.4 Å². The first-order valence-corrected chi connectivity index (χ1v) is 5.96. The number of carbonyl (C=O) groups excluding carboxylic acids is 6. The highest BCUT2D eigenvalue weighted by molar-refractivity contribution is 6.26. The largest absolute Gasteiger partial charge is 0.366 e. The van der Waals surface area contributed by atoms with Gasteiger partial charge >= 0.3 is 0 Å². The molecule has 0 fully saturated rings. The Labute approximate surface area is 133 Å². The second kappa shape index (κ2) is 6.04. The highest BCUT2D eigenvalue weighted by Crippen LogP contribution is 2.28.